The molecule has 2 heterocycles. The molecule has 0 aliphatic rings. The number of hydrogen-bond acceptors (Lipinski definition) is 1. The van der Waals surface area contributed by atoms with E-state index in [1.165, 1.54) is 60.8 Å². The molecule has 2 aromatic heterocycles. The lowest BCUT2D eigenvalue weighted by atomic mass is 9.97. The molecule has 0 fully saturated rings. The molecule has 0 radical (unpaired) electrons. The standard InChI is InChI=1S/C26H24N2/c1-15-9-10-22-20(12-15)25-19(5)11-16(2)13-21(25)26-27-14-23(28(22)26)24-17(3)7-6-8-18(24)4/h6-14H,1-5H3. The van der Waals surface area contributed by atoms with E-state index in [2.05, 4.69) is 87.6 Å². The average Bonchev–Trinajstić information content (AvgIpc) is 3.06. The fraction of sp³-hybridized carbons (Fsp3) is 0.192. The number of fused-ring (bicyclic) bond motifs is 6. The summed E-state index contributed by atoms with van der Waals surface area (Å²) in [6.07, 6.45) is 2.04. The smallest absolute Gasteiger partial charge is 0.145 e. The largest absolute Gasteiger partial charge is 0.292 e. The van der Waals surface area contributed by atoms with Gasteiger partial charge in [0, 0.05) is 16.3 Å². The van der Waals surface area contributed by atoms with E-state index in [0.29, 0.717) is 0 Å². The molecule has 0 atom stereocenters. The van der Waals surface area contributed by atoms with E-state index in [0.717, 1.165) is 5.65 Å². The maximum absolute atomic E-state index is 4.92. The Hall–Kier alpha value is -3.13. The number of rotatable bonds is 1. The Morgan fingerprint density at radius 3 is 2.18 bits per heavy atom. The zero-order chi connectivity index (χ0) is 19.6. The Kier molecular flexibility index (Phi) is 3.60. The Bertz CT molecular complexity index is 1380. The summed E-state index contributed by atoms with van der Waals surface area (Å²) in [5.41, 5.74) is 11.1. The average molecular weight is 364 g/mol. The highest BCUT2D eigenvalue weighted by Crippen LogP contribution is 2.37. The van der Waals surface area contributed by atoms with Crippen LogP contribution in [0.1, 0.15) is 27.8 Å². The number of imidazole rings is 1. The van der Waals surface area contributed by atoms with Crippen LogP contribution in [0.15, 0.2) is 54.7 Å². The molecule has 0 saturated carbocycles. The normalized spacial score (nSPS) is 11.8. The molecule has 0 bridgehead atoms. The lowest BCUT2D eigenvalue weighted by molar-refractivity contribution is 1.24. The van der Waals surface area contributed by atoms with E-state index >= 15 is 0 Å². The van der Waals surface area contributed by atoms with Gasteiger partial charge in [0.1, 0.15) is 5.65 Å². The second kappa shape index (κ2) is 5.93. The Balaban J connectivity index is 2.08. The molecule has 2 heteroatoms. The Morgan fingerprint density at radius 1 is 0.714 bits per heavy atom. The van der Waals surface area contributed by atoms with Crippen LogP contribution < -0.4 is 0 Å². The molecule has 5 aromatic rings. The third-order valence-electron chi connectivity index (χ3n) is 5.88. The molecule has 0 amide bonds. The van der Waals surface area contributed by atoms with Gasteiger partial charge in [0.05, 0.1) is 17.4 Å². The van der Waals surface area contributed by atoms with Crippen molar-refractivity contribution < 1.29 is 0 Å². The first-order valence-corrected chi connectivity index (χ1v) is 9.83. The molecule has 28 heavy (non-hydrogen) atoms. The van der Waals surface area contributed by atoms with Gasteiger partial charge < -0.3 is 0 Å². The predicted octanol–water partition coefficient (Wildman–Crippen LogP) is 6.85. The summed E-state index contributed by atoms with van der Waals surface area (Å²) < 4.78 is 2.35. The van der Waals surface area contributed by atoms with Gasteiger partial charge in [-0.05, 0) is 74.9 Å². The van der Waals surface area contributed by atoms with Crippen molar-refractivity contribution in [1.82, 2.24) is 9.38 Å². The van der Waals surface area contributed by atoms with Crippen molar-refractivity contribution in [2.45, 2.75) is 34.6 Å². The zero-order valence-electron chi connectivity index (χ0n) is 17.1. The minimum absolute atomic E-state index is 1.04. The van der Waals surface area contributed by atoms with Crippen LogP contribution in [0.3, 0.4) is 0 Å². The summed E-state index contributed by atoms with van der Waals surface area (Å²) in [5.74, 6) is 0. The molecule has 138 valence electrons. The summed E-state index contributed by atoms with van der Waals surface area (Å²) in [5, 5.41) is 3.84. The summed E-state index contributed by atoms with van der Waals surface area (Å²) in [7, 11) is 0. The van der Waals surface area contributed by atoms with Crippen molar-refractivity contribution in [2.75, 3.05) is 0 Å². The van der Waals surface area contributed by atoms with Gasteiger partial charge in [0.15, 0.2) is 0 Å². The van der Waals surface area contributed by atoms with E-state index in [1.807, 2.05) is 6.20 Å². The van der Waals surface area contributed by atoms with Crippen molar-refractivity contribution in [3.8, 4) is 11.3 Å². The van der Waals surface area contributed by atoms with E-state index in [4.69, 9.17) is 4.98 Å². The molecule has 0 N–H and O–H groups in total. The van der Waals surface area contributed by atoms with E-state index < -0.39 is 0 Å². The number of pyridine rings is 1. The van der Waals surface area contributed by atoms with Crippen LogP contribution in [0.5, 0.6) is 0 Å². The quantitative estimate of drug-likeness (QED) is 0.297. The number of nitrogens with zero attached hydrogens (tertiary/aromatic N) is 2. The maximum Gasteiger partial charge on any atom is 0.145 e. The fourth-order valence-corrected chi connectivity index (χ4v) is 4.73. The van der Waals surface area contributed by atoms with Crippen LogP contribution in [-0.2, 0) is 0 Å². The molecule has 0 saturated heterocycles. The molecule has 0 aliphatic carbocycles. The van der Waals surface area contributed by atoms with Crippen LogP contribution in [0.4, 0.5) is 0 Å². The van der Waals surface area contributed by atoms with E-state index in [1.54, 1.807) is 0 Å². The Morgan fingerprint density at radius 2 is 1.43 bits per heavy atom. The third kappa shape index (κ3) is 2.31. The summed E-state index contributed by atoms with van der Waals surface area (Å²) >= 11 is 0. The number of benzene rings is 3. The lowest BCUT2D eigenvalue weighted by Crippen LogP contribution is -1.98. The highest BCUT2D eigenvalue weighted by Gasteiger charge is 2.17. The number of aryl methyl sites for hydroxylation is 5. The topological polar surface area (TPSA) is 17.3 Å². The van der Waals surface area contributed by atoms with Crippen LogP contribution in [0.25, 0.3) is 38.6 Å². The first-order valence-electron chi connectivity index (χ1n) is 9.83. The maximum atomic E-state index is 4.92. The van der Waals surface area contributed by atoms with E-state index in [9.17, 15) is 0 Å². The zero-order valence-corrected chi connectivity index (χ0v) is 17.1. The van der Waals surface area contributed by atoms with Crippen molar-refractivity contribution in [3.63, 3.8) is 0 Å². The first-order chi connectivity index (χ1) is 13.5. The summed E-state index contributed by atoms with van der Waals surface area (Å²) in [6, 6.07) is 17.8. The van der Waals surface area contributed by atoms with Gasteiger partial charge in [0.2, 0.25) is 0 Å². The third-order valence-corrected chi connectivity index (χ3v) is 5.88. The molecule has 0 aliphatic heterocycles. The van der Waals surface area contributed by atoms with Crippen molar-refractivity contribution in [2.24, 2.45) is 0 Å². The minimum atomic E-state index is 1.04. The Labute approximate surface area is 165 Å². The first kappa shape index (κ1) is 17.0. The summed E-state index contributed by atoms with van der Waals surface area (Å²) in [6.45, 7) is 10.9. The van der Waals surface area contributed by atoms with Gasteiger partial charge in [-0.2, -0.15) is 0 Å². The van der Waals surface area contributed by atoms with Crippen molar-refractivity contribution in [1.29, 1.82) is 0 Å². The predicted molar refractivity (Wildman–Crippen MR) is 119 cm³/mol. The molecule has 5 rings (SSSR count). The van der Waals surface area contributed by atoms with Crippen LogP contribution in [0, 0.1) is 34.6 Å². The van der Waals surface area contributed by atoms with E-state index in [-0.39, 0.29) is 0 Å². The van der Waals surface area contributed by atoms with Crippen LogP contribution in [0.2, 0.25) is 0 Å². The highest BCUT2D eigenvalue weighted by atomic mass is 15.0. The van der Waals surface area contributed by atoms with Crippen molar-refractivity contribution in [3.05, 3.63) is 82.5 Å². The van der Waals surface area contributed by atoms with Gasteiger partial charge >= 0.3 is 0 Å². The molecule has 0 spiro atoms. The molecule has 3 aromatic carbocycles. The molecule has 0 unspecified atom stereocenters. The minimum Gasteiger partial charge on any atom is -0.292 e. The second-order valence-electron chi connectivity index (χ2n) is 8.09. The molecule has 2 nitrogen and oxygen atoms in total. The summed E-state index contributed by atoms with van der Waals surface area (Å²) in [4.78, 5) is 4.92. The van der Waals surface area contributed by atoms with Crippen LogP contribution >= 0.6 is 0 Å². The number of aromatic nitrogens is 2. The lowest BCUT2D eigenvalue weighted by Gasteiger charge is -2.15. The molecular weight excluding hydrogens is 340 g/mol. The van der Waals surface area contributed by atoms with Crippen LogP contribution in [-0.4, -0.2) is 9.38 Å². The van der Waals surface area contributed by atoms with Crippen molar-refractivity contribution >= 4 is 27.3 Å². The van der Waals surface area contributed by atoms with Gasteiger partial charge in [-0.3, -0.25) is 4.40 Å². The van der Waals surface area contributed by atoms with Gasteiger partial charge in [-0.25, -0.2) is 4.98 Å². The number of hydrogen-bond donors (Lipinski definition) is 0. The van der Waals surface area contributed by atoms with Gasteiger partial charge in [0.25, 0.3) is 0 Å². The van der Waals surface area contributed by atoms with Gasteiger partial charge in [-0.1, -0.05) is 41.5 Å². The highest BCUT2D eigenvalue weighted by molar-refractivity contribution is 6.14. The monoisotopic (exact) mass is 364 g/mol. The second-order valence-corrected chi connectivity index (χ2v) is 8.09. The van der Waals surface area contributed by atoms with Gasteiger partial charge in [-0.15, -0.1) is 0 Å². The SMILES string of the molecule is Cc1ccc2c(c1)c1c(C)cc(C)cc1c1ncc(-c3c(C)cccc3C)n21. The fourth-order valence-electron chi connectivity index (χ4n) is 4.73. The molecular formula is C26H24N2.